The zero-order valence-corrected chi connectivity index (χ0v) is 16.2. The molecular weight excluding hydrogens is 401 g/mol. The van der Waals surface area contributed by atoms with Crippen LogP contribution in [0, 0.1) is 0 Å². The zero-order chi connectivity index (χ0) is 15.5. The Bertz CT molecular complexity index is 468. The lowest BCUT2D eigenvalue weighted by atomic mass is 10.2. The molecule has 0 radical (unpaired) electrons. The molecule has 1 aromatic carbocycles. The highest BCUT2D eigenvalue weighted by atomic mass is 127. The van der Waals surface area contributed by atoms with Gasteiger partial charge in [-0.05, 0) is 44.7 Å². The summed E-state index contributed by atoms with van der Waals surface area (Å²) in [6.07, 6.45) is 8.68. The van der Waals surface area contributed by atoms with Crippen molar-refractivity contribution in [3.05, 3.63) is 42.5 Å². The smallest absolute Gasteiger partial charge is 0.191 e. The molecule has 0 spiro atoms. The van der Waals surface area contributed by atoms with Crippen LogP contribution in [0.25, 0.3) is 0 Å². The van der Waals surface area contributed by atoms with E-state index in [1.807, 2.05) is 30.3 Å². The monoisotopic (exact) mass is 429 g/mol. The van der Waals surface area contributed by atoms with Gasteiger partial charge in [0.05, 0.1) is 6.61 Å². The Hall–Kier alpha value is -1.24. The van der Waals surface area contributed by atoms with Gasteiger partial charge < -0.3 is 15.4 Å². The number of para-hydroxylation sites is 1. The summed E-state index contributed by atoms with van der Waals surface area (Å²) in [7, 11) is 0. The predicted molar refractivity (Wildman–Crippen MR) is 108 cm³/mol. The lowest BCUT2D eigenvalue weighted by molar-refractivity contribution is 0.308. The van der Waals surface area contributed by atoms with Crippen molar-refractivity contribution in [1.29, 1.82) is 0 Å². The molecule has 0 saturated heterocycles. The Morgan fingerprint density at radius 3 is 2.61 bits per heavy atom. The van der Waals surface area contributed by atoms with E-state index in [0.29, 0.717) is 6.04 Å². The highest BCUT2D eigenvalue weighted by molar-refractivity contribution is 14.0. The maximum Gasteiger partial charge on any atom is 0.191 e. The molecule has 0 aromatic heterocycles. The minimum absolute atomic E-state index is 0. The second-order valence-electron chi connectivity index (χ2n) is 5.41. The minimum Gasteiger partial charge on any atom is -0.494 e. The average molecular weight is 429 g/mol. The molecule has 0 saturated carbocycles. The number of hydrogen-bond acceptors (Lipinski definition) is 2. The zero-order valence-electron chi connectivity index (χ0n) is 13.8. The molecule has 0 fully saturated rings. The van der Waals surface area contributed by atoms with Crippen LogP contribution in [0.15, 0.2) is 47.5 Å². The first kappa shape index (κ1) is 19.8. The summed E-state index contributed by atoms with van der Waals surface area (Å²) in [5, 5.41) is 6.78. The van der Waals surface area contributed by atoms with E-state index in [0.717, 1.165) is 57.1 Å². The maximum atomic E-state index is 5.68. The number of hydrogen-bond donors (Lipinski definition) is 2. The van der Waals surface area contributed by atoms with Gasteiger partial charge in [0.25, 0.3) is 0 Å². The number of guanidine groups is 1. The third-order valence-electron chi connectivity index (χ3n) is 3.53. The fraction of sp³-hybridized carbons (Fsp3) is 0.500. The summed E-state index contributed by atoms with van der Waals surface area (Å²) in [6.45, 7) is 4.56. The van der Waals surface area contributed by atoms with Crippen LogP contribution in [0.5, 0.6) is 5.75 Å². The highest BCUT2D eigenvalue weighted by Crippen LogP contribution is 2.09. The molecule has 0 aliphatic heterocycles. The van der Waals surface area contributed by atoms with Crippen molar-refractivity contribution >= 4 is 29.9 Å². The first-order valence-electron chi connectivity index (χ1n) is 8.26. The van der Waals surface area contributed by atoms with Gasteiger partial charge in [-0.25, -0.2) is 0 Å². The van der Waals surface area contributed by atoms with Crippen LogP contribution in [0.3, 0.4) is 0 Å². The van der Waals surface area contributed by atoms with Gasteiger partial charge >= 0.3 is 0 Å². The van der Waals surface area contributed by atoms with Crippen LogP contribution in [0.4, 0.5) is 0 Å². The van der Waals surface area contributed by atoms with E-state index in [1.165, 1.54) is 0 Å². The van der Waals surface area contributed by atoms with E-state index >= 15 is 0 Å². The molecule has 0 heterocycles. The third kappa shape index (κ3) is 8.25. The van der Waals surface area contributed by atoms with Gasteiger partial charge in [-0.1, -0.05) is 30.4 Å². The molecule has 5 heteroatoms. The van der Waals surface area contributed by atoms with Gasteiger partial charge in [-0.3, -0.25) is 4.99 Å². The summed E-state index contributed by atoms with van der Waals surface area (Å²) in [4.78, 5) is 4.63. The Kier molecular flexibility index (Phi) is 10.5. The number of rotatable bonds is 8. The van der Waals surface area contributed by atoms with Crippen molar-refractivity contribution in [2.45, 2.75) is 38.6 Å². The standard InChI is InChI=1S/C18H27N3O.HI/c1-2-19-18(21-16-10-6-7-11-16)20-14-8-9-15-22-17-12-4-3-5-13-17;/h3-7,12-13,16H,2,8-11,14-15H2,1H3,(H2,19,20,21);1H. The number of ether oxygens (including phenoxy) is 1. The molecule has 128 valence electrons. The van der Waals surface area contributed by atoms with Crippen LogP contribution >= 0.6 is 24.0 Å². The Morgan fingerprint density at radius 1 is 1.17 bits per heavy atom. The summed E-state index contributed by atoms with van der Waals surface area (Å²) in [5.74, 6) is 1.87. The van der Waals surface area contributed by atoms with Gasteiger partial charge in [-0.15, -0.1) is 24.0 Å². The summed E-state index contributed by atoms with van der Waals surface area (Å²) >= 11 is 0. The molecule has 4 nitrogen and oxygen atoms in total. The number of halogens is 1. The van der Waals surface area contributed by atoms with Crippen molar-refractivity contribution in [2.75, 3.05) is 19.7 Å². The minimum atomic E-state index is 0. The molecule has 1 aromatic rings. The number of unbranched alkanes of at least 4 members (excludes halogenated alkanes) is 1. The normalized spacial score (nSPS) is 14.4. The molecule has 1 aliphatic carbocycles. The van der Waals surface area contributed by atoms with E-state index in [-0.39, 0.29) is 24.0 Å². The summed E-state index contributed by atoms with van der Waals surface area (Å²) < 4.78 is 5.68. The van der Waals surface area contributed by atoms with Crippen LogP contribution in [-0.2, 0) is 0 Å². The SMILES string of the molecule is CCNC(=NCCCCOc1ccccc1)NC1CC=CC1.I. The van der Waals surface area contributed by atoms with Gasteiger partial charge in [0.15, 0.2) is 5.96 Å². The largest absolute Gasteiger partial charge is 0.494 e. The maximum absolute atomic E-state index is 5.68. The van der Waals surface area contributed by atoms with Crippen molar-refractivity contribution < 1.29 is 4.74 Å². The lowest BCUT2D eigenvalue weighted by Crippen LogP contribution is -2.42. The number of nitrogens with zero attached hydrogens (tertiary/aromatic N) is 1. The van der Waals surface area contributed by atoms with Crippen LogP contribution in [0.1, 0.15) is 32.6 Å². The molecule has 0 bridgehead atoms. The summed E-state index contributed by atoms with van der Waals surface area (Å²) in [5.41, 5.74) is 0. The molecule has 23 heavy (non-hydrogen) atoms. The first-order chi connectivity index (χ1) is 10.9. The van der Waals surface area contributed by atoms with Gasteiger partial charge in [0.2, 0.25) is 0 Å². The molecule has 0 atom stereocenters. The number of aliphatic imine (C=N–C) groups is 1. The van der Waals surface area contributed by atoms with Gasteiger partial charge in [0, 0.05) is 19.1 Å². The second kappa shape index (κ2) is 12.2. The molecule has 0 amide bonds. The van der Waals surface area contributed by atoms with Crippen molar-refractivity contribution in [1.82, 2.24) is 10.6 Å². The van der Waals surface area contributed by atoms with Crippen molar-refractivity contribution in [2.24, 2.45) is 4.99 Å². The topological polar surface area (TPSA) is 45.7 Å². The average Bonchev–Trinajstić information content (AvgIpc) is 3.05. The Balaban J connectivity index is 0.00000264. The predicted octanol–water partition coefficient (Wildman–Crippen LogP) is 3.74. The Morgan fingerprint density at radius 2 is 1.91 bits per heavy atom. The third-order valence-corrected chi connectivity index (χ3v) is 3.53. The van der Waals surface area contributed by atoms with Crippen LogP contribution in [-0.4, -0.2) is 31.7 Å². The van der Waals surface area contributed by atoms with Crippen molar-refractivity contribution in [3.63, 3.8) is 0 Å². The van der Waals surface area contributed by atoms with E-state index in [4.69, 9.17) is 4.74 Å². The van der Waals surface area contributed by atoms with E-state index in [9.17, 15) is 0 Å². The fourth-order valence-corrected chi connectivity index (χ4v) is 2.36. The molecule has 1 aliphatic rings. The number of nitrogens with one attached hydrogen (secondary N) is 2. The van der Waals surface area contributed by atoms with Gasteiger partial charge in [0.1, 0.15) is 5.75 Å². The first-order valence-corrected chi connectivity index (χ1v) is 8.26. The number of benzene rings is 1. The van der Waals surface area contributed by atoms with Crippen LogP contribution in [0.2, 0.25) is 0 Å². The van der Waals surface area contributed by atoms with E-state index in [2.05, 4.69) is 34.7 Å². The van der Waals surface area contributed by atoms with E-state index in [1.54, 1.807) is 0 Å². The fourth-order valence-electron chi connectivity index (χ4n) is 2.36. The van der Waals surface area contributed by atoms with E-state index < -0.39 is 0 Å². The van der Waals surface area contributed by atoms with Crippen molar-refractivity contribution in [3.8, 4) is 5.75 Å². The Labute approximate surface area is 156 Å². The molecular formula is C18H28IN3O. The molecule has 2 rings (SSSR count). The lowest BCUT2D eigenvalue weighted by Gasteiger charge is -2.16. The molecule has 2 N–H and O–H groups in total. The highest BCUT2D eigenvalue weighted by Gasteiger charge is 2.11. The van der Waals surface area contributed by atoms with Gasteiger partial charge in [-0.2, -0.15) is 0 Å². The molecule has 0 unspecified atom stereocenters. The quantitative estimate of drug-likeness (QED) is 0.218. The summed E-state index contributed by atoms with van der Waals surface area (Å²) in [6, 6.07) is 10.5. The van der Waals surface area contributed by atoms with Crippen LogP contribution < -0.4 is 15.4 Å². The second-order valence-corrected chi connectivity index (χ2v) is 5.41.